The van der Waals surface area contributed by atoms with E-state index in [4.69, 9.17) is 9.26 Å². The number of nitrogens with zero attached hydrogens (tertiary/aromatic N) is 5. The normalized spacial score (nSPS) is 12.8. The van der Waals surface area contributed by atoms with Crippen LogP contribution < -0.4 is 0 Å². The number of ether oxygens (including phenoxy) is 1. The van der Waals surface area contributed by atoms with E-state index in [9.17, 15) is 4.79 Å². The van der Waals surface area contributed by atoms with Gasteiger partial charge >= 0.3 is 5.97 Å². The van der Waals surface area contributed by atoms with Gasteiger partial charge in [0, 0.05) is 5.41 Å². The molecular formula is C17H19N5O3. The number of aromatic nitrogens is 5. The minimum Gasteiger partial charge on any atom is -0.449 e. The van der Waals surface area contributed by atoms with Crippen molar-refractivity contribution in [3.05, 3.63) is 54.2 Å². The summed E-state index contributed by atoms with van der Waals surface area (Å²) in [7, 11) is 0. The zero-order valence-corrected chi connectivity index (χ0v) is 14.5. The first-order valence-electron chi connectivity index (χ1n) is 7.85. The molecule has 2 heterocycles. The van der Waals surface area contributed by atoms with Crippen LogP contribution in [0.25, 0.3) is 5.69 Å². The molecular weight excluding hydrogens is 322 g/mol. The quantitative estimate of drug-likeness (QED) is 0.673. The van der Waals surface area contributed by atoms with Crippen molar-refractivity contribution < 1.29 is 14.1 Å². The molecule has 0 aliphatic carbocycles. The van der Waals surface area contributed by atoms with Crippen molar-refractivity contribution in [2.45, 2.75) is 39.2 Å². The molecule has 0 saturated heterocycles. The molecule has 2 aromatic heterocycles. The lowest BCUT2D eigenvalue weighted by atomic mass is 9.96. The first-order chi connectivity index (χ1) is 11.8. The lowest BCUT2D eigenvalue weighted by molar-refractivity contribution is 0.0265. The van der Waals surface area contributed by atoms with E-state index in [1.54, 1.807) is 42.2 Å². The van der Waals surface area contributed by atoms with E-state index in [0.29, 0.717) is 11.4 Å². The molecule has 8 heteroatoms. The molecule has 0 aliphatic rings. The summed E-state index contributed by atoms with van der Waals surface area (Å²) in [5.41, 5.74) is 0.989. The Kier molecular flexibility index (Phi) is 4.35. The molecule has 0 aliphatic heterocycles. The Morgan fingerprint density at radius 1 is 1.24 bits per heavy atom. The Morgan fingerprint density at radius 2 is 1.96 bits per heavy atom. The molecule has 0 amide bonds. The van der Waals surface area contributed by atoms with Gasteiger partial charge in [-0.2, -0.15) is 10.1 Å². The smallest absolute Gasteiger partial charge is 0.338 e. The highest BCUT2D eigenvalue weighted by Gasteiger charge is 2.25. The van der Waals surface area contributed by atoms with Gasteiger partial charge in [-0.15, -0.1) is 0 Å². The fraction of sp³-hybridized carbons (Fsp3) is 0.353. The molecule has 0 unspecified atom stereocenters. The number of benzene rings is 1. The fourth-order valence-electron chi connectivity index (χ4n) is 2.08. The third kappa shape index (κ3) is 3.73. The second kappa shape index (κ2) is 6.46. The summed E-state index contributed by atoms with van der Waals surface area (Å²) < 4.78 is 12.2. The summed E-state index contributed by atoms with van der Waals surface area (Å²) in [4.78, 5) is 20.5. The van der Waals surface area contributed by atoms with Crippen molar-refractivity contribution in [1.82, 2.24) is 24.9 Å². The van der Waals surface area contributed by atoms with Crippen LogP contribution >= 0.6 is 0 Å². The lowest BCUT2D eigenvalue weighted by Gasteiger charge is -2.12. The summed E-state index contributed by atoms with van der Waals surface area (Å²) in [6, 6.07) is 6.86. The van der Waals surface area contributed by atoms with Crippen molar-refractivity contribution in [1.29, 1.82) is 0 Å². The Balaban J connectivity index is 1.68. The van der Waals surface area contributed by atoms with Gasteiger partial charge in [0.15, 0.2) is 11.9 Å². The average Bonchev–Trinajstić information content (AvgIpc) is 3.26. The van der Waals surface area contributed by atoms with Gasteiger partial charge < -0.3 is 9.26 Å². The molecule has 0 bridgehead atoms. The maximum absolute atomic E-state index is 12.3. The zero-order chi connectivity index (χ0) is 18.0. The molecule has 0 fully saturated rings. The predicted molar refractivity (Wildman–Crippen MR) is 88.2 cm³/mol. The van der Waals surface area contributed by atoms with Gasteiger partial charge in [-0.05, 0) is 31.2 Å². The summed E-state index contributed by atoms with van der Waals surface area (Å²) in [5, 5.41) is 7.97. The monoisotopic (exact) mass is 341 g/mol. The maximum Gasteiger partial charge on any atom is 0.338 e. The van der Waals surface area contributed by atoms with Crippen molar-refractivity contribution in [3.63, 3.8) is 0 Å². The number of hydrogen-bond acceptors (Lipinski definition) is 7. The first-order valence-corrected chi connectivity index (χ1v) is 7.85. The third-order valence-electron chi connectivity index (χ3n) is 3.53. The van der Waals surface area contributed by atoms with Gasteiger partial charge in [-0.3, -0.25) is 0 Å². The largest absolute Gasteiger partial charge is 0.449 e. The number of rotatable bonds is 4. The number of carbonyl (C=O) groups is 1. The van der Waals surface area contributed by atoms with Crippen LogP contribution in [0.15, 0.2) is 41.4 Å². The molecule has 0 radical (unpaired) electrons. The summed E-state index contributed by atoms with van der Waals surface area (Å²) in [5.74, 6) is 0.383. The van der Waals surface area contributed by atoms with Gasteiger partial charge in [-0.25, -0.2) is 14.5 Å². The van der Waals surface area contributed by atoms with Crippen LogP contribution in [0, 0.1) is 0 Å². The molecule has 0 spiro atoms. The van der Waals surface area contributed by atoms with Crippen molar-refractivity contribution in [2.75, 3.05) is 0 Å². The topological polar surface area (TPSA) is 95.9 Å². The van der Waals surface area contributed by atoms with Crippen LogP contribution in [-0.4, -0.2) is 30.9 Å². The molecule has 0 saturated carbocycles. The highest BCUT2D eigenvalue weighted by Crippen LogP contribution is 2.23. The SMILES string of the molecule is C[C@H](OC(=O)c1ccc(-n2cncn2)cc1)c1nc(C(C)(C)C)no1. The third-order valence-corrected chi connectivity index (χ3v) is 3.53. The van der Waals surface area contributed by atoms with Crippen molar-refractivity contribution >= 4 is 5.97 Å². The number of esters is 1. The summed E-state index contributed by atoms with van der Waals surface area (Å²) in [6.07, 6.45) is 2.39. The van der Waals surface area contributed by atoms with E-state index in [1.165, 1.54) is 6.33 Å². The molecule has 1 aromatic carbocycles. The van der Waals surface area contributed by atoms with Crippen LogP contribution in [0.5, 0.6) is 0 Å². The Hall–Kier alpha value is -3.03. The highest BCUT2D eigenvalue weighted by atomic mass is 16.6. The maximum atomic E-state index is 12.3. The van der Waals surface area contributed by atoms with Gasteiger partial charge in [0.1, 0.15) is 12.7 Å². The average molecular weight is 341 g/mol. The van der Waals surface area contributed by atoms with E-state index in [-0.39, 0.29) is 11.3 Å². The molecule has 25 heavy (non-hydrogen) atoms. The van der Waals surface area contributed by atoms with Crippen LogP contribution in [0.2, 0.25) is 0 Å². The van der Waals surface area contributed by atoms with Gasteiger partial charge in [0.25, 0.3) is 5.89 Å². The van der Waals surface area contributed by atoms with E-state index in [1.807, 2.05) is 20.8 Å². The Bertz CT molecular complexity index is 847. The predicted octanol–water partition coefficient (Wildman–Crippen LogP) is 2.87. The van der Waals surface area contributed by atoms with E-state index in [2.05, 4.69) is 20.2 Å². The summed E-state index contributed by atoms with van der Waals surface area (Å²) in [6.45, 7) is 7.64. The second-order valence-corrected chi connectivity index (χ2v) is 6.64. The standard InChI is InChI=1S/C17H19N5O3/c1-11(14-20-16(21-25-14)17(2,3)4)24-15(23)12-5-7-13(8-6-12)22-10-18-9-19-22/h5-11H,1-4H3/t11-/m0/s1. The van der Waals surface area contributed by atoms with Crippen molar-refractivity contribution in [2.24, 2.45) is 0 Å². The molecule has 1 atom stereocenters. The fourth-order valence-corrected chi connectivity index (χ4v) is 2.08. The van der Waals surface area contributed by atoms with Crippen LogP contribution in [0.3, 0.4) is 0 Å². The Morgan fingerprint density at radius 3 is 2.52 bits per heavy atom. The molecule has 8 nitrogen and oxygen atoms in total. The highest BCUT2D eigenvalue weighted by molar-refractivity contribution is 5.89. The number of carbonyl (C=O) groups excluding carboxylic acids is 1. The van der Waals surface area contributed by atoms with Crippen LogP contribution in [0.4, 0.5) is 0 Å². The van der Waals surface area contributed by atoms with Gasteiger partial charge in [-0.1, -0.05) is 25.9 Å². The molecule has 3 rings (SSSR count). The minimum atomic E-state index is -0.633. The van der Waals surface area contributed by atoms with Crippen molar-refractivity contribution in [3.8, 4) is 5.69 Å². The lowest BCUT2D eigenvalue weighted by Crippen LogP contribution is -2.14. The molecule has 0 N–H and O–H groups in total. The first kappa shape index (κ1) is 16.8. The van der Waals surface area contributed by atoms with Gasteiger partial charge in [0.2, 0.25) is 0 Å². The van der Waals surface area contributed by atoms with E-state index < -0.39 is 12.1 Å². The van der Waals surface area contributed by atoms with Gasteiger partial charge in [0.05, 0.1) is 11.3 Å². The van der Waals surface area contributed by atoms with Crippen LogP contribution in [-0.2, 0) is 10.2 Å². The number of hydrogen-bond donors (Lipinski definition) is 0. The zero-order valence-electron chi connectivity index (χ0n) is 14.5. The Labute approximate surface area is 144 Å². The van der Waals surface area contributed by atoms with E-state index >= 15 is 0 Å². The van der Waals surface area contributed by atoms with E-state index in [0.717, 1.165) is 5.69 Å². The molecule has 130 valence electrons. The molecule has 3 aromatic rings. The minimum absolute atomic E-state index is 0.233. The van der Waals surface area contributed by atoms with Crippen LogP contribution in [0.1, 0.15) is 55.9 Å². The summed E-state index contributed by atoms with van der Waals surface area (Å²) >= 11 is 0. The second-order valence-electron chi connectivity index (χ2n) is 6.64.